The van der Waals surface area contributed by atoms with Crippen LogP contribution in [0.15, 0.2) is 24.3 Å². The second-order valence-corrected chi connectivity index (χ2v) is 4.50. The lowest BCUT2D eigenvalue weighted by Crippen LogP contribution is -2.13. The Kier molecular flexibility index (Phi) is 5.07. The Hall–Kier alpha value is -3.37. The third-order valence-corrected chi connectivity index (χ3v) is 2.76. The fraction of sp³-hybridized carbons (Fsp3) is 0.250. The Balaban J connectivity index is 3.57. The molecule has 122 valence electrons. The van der Waals surface area contributed by atoms with Crippen LogP contribution in [0.2, 0.25) is 0 Å². The summed E-state index contributed by atoms with van der Waals surface area (Å²) in [4.78, 5) is 41.4. The molecule has 0 heterocycles. The smallest absolute Gasteiger partial charge is 0.333 e. The van der Waals surface area contributed by atoms with Gasteiger partial charge >= 0.3 is 5.97 Å². The molecule has 0 spiro atoms. The van der Waals surface area contributed by atoms with Gasteiger partial charge in [0.2, 0.25) is 0 Å². The SMILES string of the molecule is C=C(C)C(=O)OC(C)c1c([N+](=O)[O-])cc([N+](=O)[O-])cc1[N+](=O)[O-]. The molecule has 0 bridgehead atoms. The minimum atomic E-state index is -1.37. The Labute approximate surface area is 128 Å². The van der Waals surface area contributed by atoms with Gasteiger partial charge in [-0.25, -0.2) is 4.79 Å². The first kappa shape index (κ1) is 17.7. The first-order chi connectivity index (χ1) is 10.6. The normalized spacial score (nSPS) is 11.4. The Morgan fingerprint density at radius 2 is 1.52 bits per heavy atom. The van der Waals surface area contributed by atoms with E-state index in [2.05, 4.69) is 6.58 Å². The first-order valence-electron chi connectivity index (χ1n) is 6.03. The van der Waals surface area contributed by atoms with Crippen LogP contribution in [0.3, 0.4) is 0 Å². The molecule has 11 heteroatoms. The first-order valence-corrected chi connectivity index (χ1v) is 6.03. The van der Waals surface area contributed by atoms with E-state index in [1.165, 1.54) is 13.8 Å². The van der Waals surface area contributed by atoms with E-state index >= 15 is 0 Å². The molecule has 1 aromatic carbocycles. The maximum absolute atomic E-state index is 11.5. The predicted molar refractivity (Wildman–Crippen MR) is 75.7 cm³/mol. The number of nitrogens with zero attached hydrogens (tertiary/aromatic N) is 3. The highest BCUT2D eigenvalue weighted by Crippen LogP contribution is 2.39. The third kappa shape index (κ3) is 3.84. The number of carbonyl (C=O) groups is 1. The Morgan fingerprint density at radius 1 is 1.09 bits per heavy atom. The summed E-state index contributed by atoms with van der Waals surface area (Å²) in [6.07, 6.45) is -1.37. The van der Waals surface area contributed by atoms with Crippen molar-refractivity contribution in [1.82, 2.24) is 0 Å². The molecule has 0 aliphatic heterocycles. The topological polar surface area (TPSA) is 156 Å². The molecular weight excluding hydrogens is 314 g/mol. The minimum Gasteiger partial charge on any atom is -0.454 e. The van der Waals surface area contributed by atoms with Crippen molar-refractivity contribution in [2.24, 2.45) is 0 Å². The molecule has 0 N–H and O–H groups in total. The van der Waals surface area contributed by atoms with Gasteiger partial charge in [-0.05, 0) is 13.8 Å². The average molecular weight is 325 g/mol. The molecule has 0 radical (unpaired) electrons. The van der Waals surface area contributed by atoms with E-state index in [4.69, 9.17) is 4.74 Å². The van der Waals surface area contributed by atoms with Gasteiger partial charge in [0.25, 0.3) is 17.1 Å². The number of carbonyl (C=O) groups excluding carboxylic acids is 1. The number of hydrogen-bond donors (Lipinski definition) is 0. The number of esters is 1. The predicted octanol–water partition coefficient (Wildman–Crippen LogP) is 2.59. The number of nitro groups is 3. The maximum Gasteiger partial charge on any atom is 0.333 e. The summed E-state index contributed by atoms with van der Waals surface area (Å²) < 4.78 is 4.86. The van der Waals surface area contributed by atoms with Crippen LogP contribution < -0.4 is 0 Å². The quantitative estimate of drug-likeness (QED) is 0.334. The molecule has 0 aliphatic carbocycles. The van der Waals surface area contributed by atoms with Crippen molar-refractivity contribution in [2.75, 3.05) is 0 Å². The second kappa shape index (κ2) is 6.60. The summed E-state index contributed by atoms with van der Waals surface area (Å²) in [5, 5.41) is 33.0. The molecule has 0 saturated carbocycles. The molecule has 1 atom stereocenters. The zero-order valence-electron chi connectivity index (χ0n) is 12.0. The highest BCUT2D eigenvalue weighted by atomic mass is 16.6. The summed E-state index contributed by atoms with van der Waals surface area (Å²) >= 11 is 0. The number of non-ortho nitro benzene ring substituents is 1. The monoisotopic (exact) mass is 325 g/mol. The molecule has 0 aromatic heterocycles. The lowest BCUT2D eigenvalue weighted by molar-refractivity contribution is -0.404. The summed E-state index contributed by atoms with van der Waals surface area (Å²) in [5.41, 5.74) is -3.13. The Morgan fingerprint density at radius 3 is 1.83 bits per heavy atom. The summed E-state index contributed by atoms with van der Waals surface area (Å²) in [5.74, 6) is -0.903. The number of nitro benzene ring substituents is 3. The lowest BCUT2D eigenvalue weighted by atomic mass is 10.0. The van der Waals surface area contributed by atoms with Crippen molar-refractivity contribution in [3.05, 3.63) is 60.2 Å². The van der Waals surface area contributed by atoms with E-state index in [0.717, 1.165) is 0 Å². The van der Waals surface area contributed by atoms with Crippen LogP contribution in [0.25, 0.3) is 0 Å². The van der Waals surface area contributed by atoms with Crippen molar-refractivity contribution < 1.29 is 24.3 Å². The molecule has 1 rings (SSSR count). The van der Waals surface area contributed by atoms with E-state index in [1.54, 1.807) is 0 Å². The fourth-order valence-electron chi connectivity index (χ4n) is 1.75. The van der Waals surface area contributed by atoms with E-state index in [-0.39, 0.29) is 5.57 Å². The van der Waals surface area contributed by atoms with Gasteiger partial charge in [0.1, 0.15) is 11.7 Å². The summed E-state index contributed by atoms with van der Waals surface area (Å²) in [7, 11) is 0. The molecule has 0 amide bonds. The van der Waals surface area contributed by atoms with Crippen LogP contribution in [-0.2, 0) is 9.53 Å². The van der Waals surface area contributed by atoms with Gasteiger partial charge in [0.15, 0.2) is 0 Å². The molecule has 1 unspecified atom stereocenters. The number of hydrogen-bond acceptors (Lipinski definition) is 8. The van der Waals surface area contributed by atoms with E-state index in [9.17, 15) is 35.1 Å². The molecule has 0 fully saturated rings. The Bertz CT molecular complexity index is 692. The van der Waals surface area contributed by atoms with Gasteiger partial charge in [-0.3, -0.25) is 30.3 Å². The number of rotatable bonds is 6. The molecule has 0 aliphatic rings. The van der Waals surface area contributed by atoms with E-state index < -0.39 is 49.5 Å². The zero-order chi connectivity index (χ0) is 17.9. The largest absolute Gasteiger partial charge is 0.454 e. The summed E-state index contributed by atoms with van der Waals surface area (Å²) in [6, 6.07) is 1.15. The van der Waals surface area contributed by atoms with Crippen LogP contribution >= 0.6 is 0 Å². The van der Waals surface area contributed by atoms with Gasteiger partial charge in [-0.15, -0.1) is 0 Å². The van der Waals surface area contributed by atoms with Crippen LogP contribution in [0.1, 0.15) is 25.5 Å². The van der Waals surface area contributed by atoms with E-state index in [0.29, 0.717) is 12.1 Å². The number of benzene rings is 1. The maximum atomic E-state index is 11.5. The van der Waals surface area contributed by atoms with Crippen molar-refractivity contribution in [3.8, 4) is 0 Å². The highest BCUT2D eigenvalue weighted by molar-refractivity contribution is 5.87. The van der Waals surface area contributed by atoms with Crippen LogP contribution in [0.5, 0.6) is 0 Å². The van der Waals surface area contributed by atoms with Gasteiger partial charge in [-0.1, -0.05) is 6.58 Å². The highest BCUT2D eigenvalue weighted by Gasteiger charge is 2.35. The van der Waals surface area contributed by atoms with E-state index in [1.807, 2.05) is 0 Å². The van der Waals surface area contributed by atoms with Gasteiger partial charge in [-0.2, -0.15) is 0 Å². The van der Waals surface area contributed by atoms with Crippen LogP contribution in [-0.4, -0.2) is 20.7 Å². The molecular formula is C12H11N3O8. The van der Waals surface area contributed by atoms with Gasteiger partial charge in [0, 0.05) is 5.57 Å². The summed E-state index contributed by atoms with van der Waals surface area (Å²) in [6.45, 7) is 5.83. The number of ether oxygens (including phenoxy) is 1. The average Bonchev–Trinajstić information content (AvgIpc) is 2.44. The van der Waals surface area contributed by atoms with Crippen LogP contribution in [0, 0.1) is 30.3 Å². The minimum absolute atomic E-state index is 0.0101. The second-order valence-electron chi connectivity index (χ2n) is 4.50. The molecule has 11 nitrogen and oxygen atoms in total. The molecule has 0 saturated heterocycles. The van der Waals surface area contributed by atoms with Crippen molar-refractivity contribution in [3.63, 3.8) is 0 Å². The third-order valence-electron chi connectivity index (χ3n) is 2.76. The molecule has 1 aromatic rings. The lowest BCUT2D eigenvalue weighted by Gasteiger charge is -2.13. The van der Waals surface area contributed by atoms with Crippen molar-refractivity contribution in [2.45, 2.75) is 20.0 Å². The fourth-order valence-corrected chi connectivity index (χ4v) is 1.75. The molecule has 23 heavy (non-hydrogen) atoms. The standard InChI is InChI=1S/C12H11N3O8/c1-6(2)12(16)23-7(3)11-9(14(19)20)4-8(13(17)18)5-10(11)15(21)22/h4-5,7H,1H2,2-3H3. The van der Waals surface area contributed by atoms with Crippen LogP contribution in [0.4, 0.5) is 17.1 Å². The zero-order valence-corrected chi connectivity index (χ0v) is 12.0. The van der Waals surface area contributed by atoms with Crippen molar-refractivity contribution >= 4 is 23.0 Å². The van der Waals surface area contributed by atoms with Gasteiger partial charge in [0.05, 0.1) is 26.9 Å². The van der Waals surface area contributed by atoms with Crippen molar-refractivity contribution in [1.29, 1.82) is 0 Å². The van der Waals surface area contributed by atoms with Gasteiger partial charge < -0.3 is 4.74 Å².